The lowest BCUT2D eigenvalue weighted by molar-refractivity contribution is 0.395. The summed E-state index contributed by atoms with van der Waals surface area (Å²) in [5.74, 6) is 2.75. The standard InChI is InChI=1S/C22H24Cl2N4O2/c1-29-16-9-17(30-2)21(24)19(20(16)23)15-7-13-11-26-18(25)8-14(13)22(28-15)27-10-12-5-3-4-6-12/h7-9,11-12H,3-6,10H2,1-2H3,(H2,25,26)(H,27,28). The first-order chi connectivity index (χ1) is 14.5. The van der Waals surface area contributed by atoms with Crippen LogP contribution in [-0.4, -0.2) is 30.7 Å². The van der Waals surface area contributed by atoms with Gasteiger partial charge in [-0.15, -0.1) is 0 Å². The summed E-state index contributed by atoms with van der Waals surface area (Å²) in [5, 5.41) is 6.07. The van der Waals surface area contributed by atoms with Gasteiger partial charge < -0.3 is 20.5 Å². The molecule has 3 aromatic rings. The topological polar surface area (TPSA) is 82.3 Å². The van der Waals surface area contributed by atoms with Crippen molar-refractivity contribution in [2.45, 2.75) is 25.7 Å². The number of pyridine rings is 2. The van der Waals surface area contributed by atoms with Crippen LogP contribution < -0.4 is 20.5 Å². The van der Waals surface area contributed by atoms with Crippen LogP contribution in [-0.2, 0) is 0 Å². The van der Waals surface area contributed by atoms with Crippen molar-refractivity contribution in [2.75, 3.05) is 31.8 Å². The molecule has 1 saturated carbocycles. The van der Waals surface area contributed by atoms with Crippen LogP contribution in [0.1, 0.15) is 25.7 Å². The van der Waals surface area contributed by atoms with Gasteiger partial charge in [-0.25, -0.2) is 9.97 Å². The second-order valence-corrected chi connectivity index (χ2v) is 8.26. The number of benzene rings is 1. The normalized spacial score (nSPS) is 14.3. The summed E-state index contributed by atoms with van der Waals surface area (Å²) in [4.78, 5) is 9.11. The number of fused-ring (bicyclic) bond motifs is 1. The average Bonchev–Trinajstić information content (AvgIpc) is 3.26. The van der Waals surface area contributed by atoms with Gasteiger partial charge in [0.05, 0.1) is 30.0 Å². The molecule has 158 valence electrons. The Morgan fingerprint density at radius 2 is 1.73 bits per heavy atom. The number of nitrogen functional groups attached to an aromatic ring is 1. The molecule has 0 radical (unpaired) electrons. The zero-order valence-electron chi connectivity index (χ0n) is 17.0. The van der Waals surface area contributed by atoms with Crippen LogP contribution in [0.2, 0.25) is 10.0 Å². The first-order valence-corrected chi connectivity index (χ1v) is 10.7. The van der Waals surface area contributed by atoms with Crippen LogP contribution in [0.25, 0.3) is 22.0 Å². The van der Waals surface area contributed by atoms with Crippen LogP contribution in [0.3, 0.4) is 0 Å². The number of anilines is 2. The highest BCUT2D eigenvalue weighted by molar-refractivity contribution is 6.41. The van der Waals surface area contributed by atoms with E-state index in [0.29, 0.717) is 44.5 Å². The number of hydrogen-bond acceptors (Lipinski definition) is 6. The van der Waals surface area contributed by atoms with Crippen molar-refractivity contribution in [3.63, 3.8) is 0 Å². The van der Waals surface area contributed by atoms with Gasteiger partial charge in [-0.05, 0) is 30.9 Å². The van der Waals surface area contributed by atoms with Gasteiger partial charge in [-0.3, -0.25) is 0 Å². The molecule has 30 heavy (non-hydrogen) atoms. The Balaban J connectivity index is 1.86. The highest BCUT2D eigenvalue weighted by Crippen LogP contribution is 2.46. The van der Waals surface area contributed by atoms with Gasteiger partial charge >= 0.3 is 0 Å². The fourth-order valence-corrected chi connectivity index (χ4v) is 4.69. The van der Waals surface area contributed by atoms with E-state index in [2.05, 4.69) is 10.3 Å². The molecule has 4 rings (SSSR count). The summed E-state index contributed by atoms with van der Waals surface area (Å²) in [6, 6.07) is 5.39. The largest absolute Gasteiger partial charge is 0.495 e. The number of methoxy groups -OCH3 is 2. The molecule has 1 aliphatic carbocycles. The summed E-state index contributed by atoms with van der Waals surface area (Å²) < 4.78 is 10.8. The van der Waals surface area contributed by atoms with Gasteiger partial charge in [0.25, 0.3) is 0 Å². The van der Waals surface area contributed by atoms with E-state index in [-0.39, 0.29) is 0 Å². The third-order valence-electron chi connectivity index (χ3n) is 5.60. The van der Waals surface area contributed by atoms with Crippen molar-refractivity contribution >= 4 is 45.6 Å². The molecule has 2 heterocycles. The molecule has 8 heteroatoms. The number of aromatic nitrogens is 2. The van der Waals surface area contributed by atoms with E-state index in [1.165, 1.54) is 25.7 Å². The maximum absolute atomic E-state index is 6.63. The number of nitrogens with zero attached hydrogens (tertiary/aromatic N) is 2. The molecule has 2 aromatic heterocycles. The van der Waals surface area contributed by atoms with Crippen molar-refractivity contribution in [3.05, 3.63) is 34.4 Å². The third kappa shape index (κ3) is 3.94. The van der Waals surface area contributed by atoms with Crippen LogP contribution in [0.4, 0.5) is 11.6 Å². The predicted molar refractivity (Wildman–Crippen MR) is 123 cm³/mol. The van der Waals surface area contributed by atoms with Crippen LogP contribution in [0, 0.1) is 5.92 Å². The van der Waals surface area contributed by atoms with E-state index < -0.39 is 0 Å². The first-order valence-electron chi connectivity index (χ1n) is 9.92. The van der Waals surface area contributed by atoms with E-state index in [9.17, 15) is 0 Å². The highest BCUT2D eigenvalue weighted by atomic mass is 35.5. The molecule has 6 nitrogen and oxygen atoms in total. The molecule has 0 atom stereocenters. The van der Waals surface area contributed by atoms with Crippen LogP contribution in [0.5, 0.6) is 11.5 Å². The quantitative estimate of drug-likeness (QED) is 0.497. The molecule has 1 fully saturated rings. The molecule has 1 aromatic carbocycles. The molecule has 0 spiro atoms. The fraction of sp³-hybridized carbons (Fsp3) is 0.364. The third-order valence-corrected chi connectivity index (χ3v) is 6.35. The summed E-state index contributed by atoms with van der Waals surface area (Å²) in [5.41, 5.74) is 7.10. The molecule has 3 N–H and O–H groups in total. The average molecular weight is 447 g/mol. The molecule has 0 amide bonds. The maximum Gasteiger partial charge on any atom is 0.141 e. The van der Waals surface area contributed by atoms with Crippen molar-refractivity contribution < 1.29 is 9.47 Å². The molecule has 0 aliphatic heterocycles. The first kappa shape index (κ1) is 20.8. The van der Waals surface area contributed by atoms with Gasteiger partial charge in [0, 0.05) is 35.1 Å². The number of nitrogens with two attached hydrogens (primary N) is 1. The lowest BCUT2D eigenvalue weighted by atomic mass is 10.1. The van der Waals surface area contributed by atoms with Gasteiger partial charge in [-0.1, -0.05) is 36.0 Å². The van der Waals surface area contributed by atoms with E-state index in [0.717, 1.165) is 23.1 Å². The Labute approximate surface area is 185 Å². The summed E-state index contributed by atoms with van der Waals surface area (Å²) in [6.45, 7) is 0.858. The van der Waals surface area contributed by atoms with Gasteiger partial charge in [0.2, 0.25) is 0 Å². The van der Waals surface area contributed by atoms with Crippen molar-refractivity contribution in [2.24, 2.45) is 5.92 Å². The summed E-state index contributed by atoms with van der Waals surface area (Å²) >= 11 is 13.3. The lowest BCUT2D eigenvalue weighted by Crippen LogP contribution is -2.12. The van der Waals surface area contributed by atoms with E-state index in [1.54, 1.807) is 26.5 Å². The second-order valence-electron chi connectivity index (χ2n) is 7.50. The number of halogens is 2. The van der Waals surface area contributed by atoms with E-state index >= 15 is 0 Å². The van der Waals surface area contributed by atoms with E-state index in [1.807, 2.05) is 12.1 Å². The Kier molecular flexibility index (Phi) is 6.06. The van der Waals surface area contributed by atoms with Crippen LogP contribution in [0.15, 0.2) is 24.4 Å². The number of hydrogen-bond donors (Lipinski definition) is 2. The second kappa shape index (κ2) is 8.74. The van der Waals surface area contributed by atoms with Crippen molar-refractivity contribution in [1.29, 1.82) is 0 Å². The maximum atomic E-state index is 6.63. The number of nitrogens with one attached hydrogen (secondary N) is 1. The van der Waals surface area contributed by atoms with Crippen molar-refractivity contribution in [1.82, 2.24) is 9.97 Å². The monoisotopic (exact) mass is 446 g/mol. The van der Waals surface area contributed by atoms with Gasteiger partial charge in [0.15, 0.2) is 0 Å². The number of rotatable bonds is 6. The molecular weight excluding hydrogens is 423 g/mol. The minimum Gasteiger partial charge on any atom is -0.495 e. The Morgan fingerprint density at radius 3 is 2.37 bits per heavy atom. The zero-order valence-corrected chi connectivity index (χ0v) is 18.5. The molecular formula is C22H24Cl2N4O2. The van der Waals surface area contributed by atoms with Gasteiger partial charge in [0.1, 0.15) is 23.1 Å². The van der Waals surface area contributed by atoms with E-state index in [4.69, 9.17) is 43.4 Å². The summed E-state index contributed by atoms with van der Waals surface area (Å²) in [7, 11) is 3.10. The Morgan fingerprint density at radius 1 is 1.07 bits per heavy atom. The molecule has 0 bridgehead atoms. The highest BCUT2D eigenvalue weighted by Gasteiger charge is 2.22. The fourth-order valence-electron chi connectivity index (χ4n) is 3.99. The molecule has 1 aliphatic rings. The Bertz CT molecular complexity index is 1060. The van der Waals surface area contributed by atoms with Crippen LogP contribution >= 0.6 is 23.2 Å². The molecule has 0 saturated heterocycles. The SMILES string of the molecule is COc1cc(OC)c(Cl)c(-c2cc3cnc(N)cc3c(NCC3CCCC3)n2)c1Cl. The number of ether oxygens (including phenoxy) is 2. The zero-order chi connectivity index (χ0) is 21.3. The molecule has 0 unspecified atom stereocenters. The lowest BCUT2D eigenvalue weighted by Gasteiger charge is -2.17. The summed E-state index contributed by atoms with van der Waals surface area (Å²) in [6.07, 6.45) is 6.77. The predicted octanol–water partition coefficient (Wildman–Crippen LogP) is 5.81. The Hall–Kier alpha value is -2.44. The minimum atomic E-state index is 0.375. The minimum absolute atomic E-state index is 0.375. The van der Waals surface area contributed by atoms with Gasteiger partial charge in [-0.2, -0.15) is 0 Å². The van der Waals surface area contributed by atoms with Crippen molar-refractivity contribution in [3.8, 4) is 22.8 Å². The smallest absolute Gasteiger partial charge is 0.141 e.